The molecule has 3 N–H and O–H groups in total. The molecule has 1 aliphatic rings. The van der Waals surface area contributed by atoms with Crippen LogP contribution in [0.15, 0.2) is 18.5 Å². The highest BCUT2D eigenvalue weighted by atomic mass is 15.1. The van der Waals surface area contributed by atoms with E-state index in [0.29, 0.717) is 0 Å². The van der Waals surface area contributed by atoms with Crippen LogP contribution in [0, 0.1) is 11.3 Å². The molecule has 86 valence electrons. The average Bonchev–Trinajstić information content (AvgIpc) is 2.23. The normalized spacial score (nSPS) is 15.6. The highest BCUT2D eigenvalue weighted by Crippen LogP contribution is 2.29. The van der Waals surface area contributed by atoms with Crippen LogP contribution in [0.1, 0.15) is 24.8 Å². The maximum atomic E-state index is 7.53. The van der Waals surface area contributed by atoms with Gasteiger partial charge in [0.2, 0.25) is 0 Å². The molecule has 1 aliphatic carbocycles. The van der Waals surface area contributed by atoms with Crippen molar-refractivity contribution in [2.24, 2.45) is 11.7 Å². The van der Waals surface area contributed by atoms with Crippen molar-refractivity contribution in [2.45, 2.75) is 19.3 Å². The summed E-state index contributed by atoms with van der Waals surface area (Å²) in [4.78, 5) is 6.27. The lowest BCUT2D eigenvalue weighted by molar-refractivity contribution is 0.321. The van der Waals surface area contributed by atoms with Crippen molar-refractivity contribution in [3.05, 3.63) is 24.0 Å². The van der Waals surface area contributed by atoms with Crippen LogP contribution in [0.4, 0.5) is 5.69 Å². The van der Waals surface area contributed by atoms with E-state index < -0.39 is 0 Å². The lowest BCUT2D eigenvalue weighted by atomic mass is 9.85. The summed E-state index contributed by atoms with van der Waals surface area (Å²) in [7, 11) is 2.04. The highest BCUT2D eigenvalue weighted by Gasteiger charge is 2.20. The first-order chi connectivity index (χ1) is 7.68. The summed E-state index contributed by atoms with van der Waals surface area (Å²) in [6.07, 6.45) is 7.46. The Morgan fingerprint density at radius 2 is 2.38 bits per heavy atom. The summed E-state index contributed by atoms with van der Waals surface area (Å²) in [5.41, 5.74) is 7.29. The molecule has 16 heavy (non-hydrogen) atoms. The molecule has 0 aromatic carbocycles. The third-order valence-corrected chi connectivity index (χ3v) is 3.26. The van der Waals surface area contributed by atoms with Crippen molar-refractivity contribution in [1.82, 2.24) is 4.98 Å². The first-order valence-electron chi connectivity index (χ1n) is 5.68. The zero-order valence-corrected chi connectivity index (χ0v) is 9.61. The third-order valence-electron chi connectivity index (χ3n) is 3.26. The number of hydrogen-bond acceptors (Lipinski definition) is 3. The number of nitrogens with one attached hydrogen (secondary N) is 1. The van der Waals surface area contributed by atoms with Gasteiger partial charge in [-0.3, -0.25) is 10.4 Å². The molecule has 4 heteroatoms. The van der Waals surface area contributed by atoms with Crippen molar-refractivity contribution in [3.8, 4) is 0 Å². The van der Waals surface area contributed by atoms with E-state index >= 15 is 0 Å². The lowest BCUT2D eigenvalue weighted by Gasteiger charge is -2.31. The number of pyridine rings is 1. The van der Waals surface area contributed by atoms with Crippen LogP contribution >= 0.6 is 0 Å². The molecule has 1 heterocycles. The Morgan fingerprint density at radius 3 is 2.94 bits per heavy atom. The van der Waals surface area contributed by atoms with E-state index in [1.807, 2.05) is 7.05 Å². The summed E-state index contributed by atoms with van der Waals surface area (Å²) in [6.45, 7) is 1.03. The fourth-order valence-corrected chi connectivity index (χ4v) is 2.08. The number of nitrogens with zero attached hydrogens (tertiary/aromatic N) is 2. The molecule has 1 aromatic heterocycles. The average molecular weight is 218 g/mol. The van der Waals surface area contributed by atoms with Crippen molar-refractivity contribution in [1.29, 1.82) is 5.41 Å². The van der Waals surface area contributed by atoms with Gasteiger partial charge >= 0.3 is 0 Å². The topological polar surface area (TPSA) is 66.0 Å². The van der Waals surface area contributed by atoms with Gasteiger partial charge in [-0.1, -0.05) is 6.42 Å². The molecule has 0 saturated heterocycles. The van der Waals surface area contributed by atoms with Crippen molar-refractivity contribution in [3.63, 3.8) is 0 Å². The predicted octanol–water partition coefficient (Wildman–Crippen LogP) is 1.60. The number of nitrogens with two attached hydrogens (primary N) is 1. The van der Waals surface area contributed by atoms with Crippen molar-refractivity contribution in [2.75, 3.05) is 18.5 Å². The molecule has 1 aromatic rings. The van der Waals surface area contributed by atoms with Crippen LogP contribution in [0.25, 0.3) is 0 Å². The molecule has 2 rings (SSSR count). The van der Waals surface area contributed by atoms with Gasteiger partial charge in [-0.15, -0.1) is 0 Å². The Labute approximate surface area is 96.0 Å². The van der Waals surface area contributed by atoms with Gasteiger partial charge in [0, 0.05) is 25.4 Å². The molecule has 0 radical (unpaired) electrons. The maximum absolute atomic E-state index is 7.53. The number of hydrogen-bond donors (Lipinski definition) is 2. The van der Waals surface area contributed by atoms with Crippen LogP contribution in [-0.2, 0) is 0 Å². The highest BCUT2D eigenvalue weighted by molar-refractivity contribution is 6.00. The molecule has 0 bridgehead atoms. The van der Waals surface area contributed by atoms with Crippen LogP contribution in [0.3, 0.4) is 0 Å². The second-order valence-corrected chi connectivity index (χ2v) is 4.48. The fourth-order valence-electron chi connectivity index (χ4n) is 2.08. The van der Waals surface area contributed by atoms with Crippen LogP contribution in [0.2, 0.25) is 0 Å². The van der Waals surface area contributed by atoms with Gasteiger partial charge in [0.05, 0.1) is 11.9 Å². The molecule has 4 nitrogen and oxygen atoms in total. The smallest absolute Gasteiger partial charge is 0.125 e. The monoisotopic (exact) mass is 218 g/mol. The third kappa shape index (κ3) is 2.15. The Morgan fingerprint density at radius 1 is 1.62 bits per heavy atom. The van der Waals surface area contributed by atoms with E-state index in [9.17, 15) is 0 Å². The summed E-state index contributed by atoms with van der Waals surface area (Å²) < 4.78 is 0. The van der Waals surface area contributed by atoms with Crippen molar-refractivity contribution < 1.29 is 0 Å². The van der Waals surface area contributed by atoms with Gasteiger partial charge in [-0.25, -0.2) is 0 Å². The molecule has 0 spiro atoms. The molecular formula is C12H18N4. The molecule has 1 saturated carbocycles. The number of rotatable bonds is 4. The first kappa shape index (κ1) is 10.9. The zero-order chi connectivity index (χ0) is 11.5. The van der Waals surface area contributed by atoms with Gasteiger partial charge in [0.15, 0.2) is 0 Å². The number of anilines is 1. The van der Waals surface area contributed by atoms with Crippen molar-refractivity contribution >= 4 is 11.5 Å². The van der Waals surface area contributed by atoms with E-state index in [0.717, 1.165) is 23.7 Å². The van der Waals surface area contributed by atoms with E-state index in [2.05, 4.69) is 9.88 Å². The second-order valence-electron chi connectivity index (χ2n) is 4.48. The Bertz CT molecular complexity index is 384. The molecule has 0 aliphatic heterocycles. The Hall–Kier alpha value is -1.58. The summed E-state index contributed by atoms with van der Waals surface area (Å²) in [5, 5.41) is 7.53. The minimum absolute atomic E-state index is 0.109. The summed E-state index contributed by atoms with van der Waals surface area (Å²) in [6, 6.07) is 1.80. The number of aromatic nitrogens is 1. The van der Waals surface area contributed by atoms with E-state index in [1.54, 1.807) is 18.5 Å². The van der Waals surface area contributed by atoms with Crippen LogP contribution < -0.4 is 10.6 Å². The standard InChI is InChI=1S/C12H18N4/c1-16(8-9-3-2-4-9)11-7-15-6-5-10(11)12(13)14/h5-7,9H,2-4,8H2,1H3,(H3,13,14). The van der Waals surface area contributed by atoms with Crippen LogP contribution in [-0.4, -0.2) is 24.4 Å². The Balaban J connectivity index is 2.14. The van der Waals surface area contributed by atoms with Gasteiger partial charge in [0.25, 0.3) is 0 Å². The molecular weight excluding hydrogens is 200 g/mol. The van der Waals surface area contributed by atoms with Gasteiger partial charge in [-0.2, -0.15) is 0 Å². The fraction of sp³-hybridized carbons (Fsp3) is 0.500. The van der Waals surface area contributed by atoms with Gasteiger partial charge < -0.3 is 10.6 Å². The van der Waals surface area contributed by atoms with E-state index in [1.165, 1.54) is 19.3 Å². The minimum Gasteiger partial charge on any atom is -0.384 e. The predicted molar refractivity (Wildman–Crippen MR) is 65.9 cm³/mol. The molecule has 1 fully saturated rings. The van der Waals surface area contributed by atoms with E-state index in [-0.39, 0.29) is 5.84 Å². The Kier molecular flexibility index (Phi) is 3.08. The largest absolute Gasteiger partial charge is 0.384 e. The molecule has 0 unspecified atom stereocenters. The number of amidine groups is 1. The molecule has 0 atom stereocenters. The second kappa shape index (κ2) is 4.51. The van der Waals surface area contributed by atoms with E-state index in [4.69, 9.17) is 11.1 Å². The maximum Gasteiger partial charge on any atom is 0.125 e. The summed E-state index contributed by atoms with van der Waals surface area (Å²) in [5.74, 6) is 0.905. The lowest BCUT2D eigenvalue weighted by Crippen LogP contribution is -2.31. The quantitative estimate of drug-likeness (QED) is 0.596. The minimum atomic E-state index is 0.109. The van der Waals surface area contributed by atoms with Gasteiger partial charge in [-0.05, 0) is 24.8 Å². The van der Waals surface area contributed by atoms with Gasteiger partial charge in [0.1, 0.15) is 5.84 Å². The SMILES string of the molecule is CN(CC1CCC1)c1cnccc1C(=N)N. The first-order valence-corrected chi connectivity index (χ1v) is 5.68. The van der Waals surface area contributed by atoms with Crippen LogP contribution in [0.5, 0.6) is 0 Å². The summed E-state index contributed by atoms with van der Waals surface area (Å²) >= 11 is 0. The molecule has 0 amide bonds. The zero-order valence-electron chi connectivity index (χ0n) is 9.61. The number of nitrogen functional groups attached to an aromatic ring is 1.